The fraction of sp³-hybridized carbons (Fsp3) is 0.435. The fourth-order valence-corrected chi connectivity index (χ4v) is 4.96. The molecular formula is C23H27ClN4O4. The van der Waals surface area contributed by atoms with E-state index < -0.39 is 0 Å². The molecule has 0 radical (unpaired) electrons. The Kier molecular flexibility index (Phi) is 6.81. The van der Waals surface area contributed by atoms with Gasteiger partial charge in [-0.25, -0.2) is 0 Å². The highest BCUT2D eigenvalue weighted by molar-refractivity contribution is 6.33. The van der Waals surface area contributed by atoms with Gasteiger partial charge in [0.2, 0.25) is 5.91 Å². The molecule has 1 saturated heterocycles. The molecule has 2 aromatic rings. The van der Waals surface area contributed by atoms with E-state index in [1.807, 2.05) is 30.3 Å². The summed E-state index contributed by atoms with van der Waals surface area (Å²) in [4.78, 5) is 28.6. The second-order valence-electron chi connectivity index (χ2n) is 8.18. The van der Waals surface area contributed by atoms with Crippen LogP contribution in [0.3, 0.4) is 0 Å². The lowest BCUT2D eigenvalue weighted by molar-refractivity contribution is -0.384. The van der Waals surface area contributed by atoms with Gasteiger partial charge in [0.15, 0.2) is 0 Å². The van der Waals surface area contributed by atoms with Crippen LogP contribution in [-0.4, -0.2) is 56.8 Å². The zero-order chi connectivity index (χ0) is 22.7. The Morgan fingerprint density at radius 3 is 2.81 bits per heavy atom. The number of piperazine rings is 1. The molecule has 8 nitrogen and oxygen atoms in total. The number of non-ortho nitro benzene ring substituents is 1. The van der Waals surface area contributed by atoms with E-state index in [0.29, 0.717) is 37.7 Å². The van der Waals surface area contributed by atoms with E-state index in [1.54, 1.807) is 19.2 Å². The normalized spacial score (nSPS) is 19.8. The van der Waals surface area contributed by atoms with Crippen molar-refractivity contribution in [1.29, 1.82) is 0 Å². The number of para-hydroxylation sites is 1. The number of ether oxygens (including phenoxy) is 1. The standard InChI is InChI=1S/C23H27ClN4O4/c1-32-12-4-9-25-23(29)18-14-16-13-17(28(30)31)7-8-20(16)27-11-10-26(15-22(18)27)21-6-3-2-5-19(21)24/h2-3,5-8,13,18,22H,4,9-12,14-15H2,1H3,(H,25,29). The van der Waals surface area contributed by atoms with Crippen LogP contribution >= 0.6 is 11.6 Å². The smallest absolute Gasteiger partial charge is 0.269 e. The SMILES string of the molecule is COCCCNC(=O)C1Cc2cc([N+](=O)[O-])ccc2N2CCN(c3ccccc3Cl)CC12. The maximum absolute atomic E-state index is 13.2. The van der Waals surface area contributed by atoms with Gasteiger partial charge in [-0.15, -0.1) is 0 Å². The number of carbonyl (C=O) groups excluding carboxylic acids is 1. The Hall–Kier alpha value is -2.84. The van der Waals surface area contributed by atoms with Crippen LogP contribution in [0.5, 0.6) is 0 Å². The summed E-state index contributed by atoms with van der Waals surface area (Å²) in [5.41, 5.74) is 2.83. The number of nitrogens with one attached hydrogen (secondary N) is 1. The highest BCUT2D eigenvalue weighted by atomic mass is 35.5. The van der Waals surface area contributed by atoms with Crippen molar-refractivity contribution in [3.05, 3.63) is 63.2 Å². The lowest BCUT2D eigenvalue weighted by Gasteiger charge is -2.49. The van der Waals surface area contributed by atoms with Crippen molar-refractivity contribution in [1.82, 2.24) is 5.32 Å². The van der Waals surface area contributed by atoms with E-state index in [0.717, 1.165) is 29.9 Å². The highest BCUT2D eigenvalue weighted by Gasteiger charge is 2.42. The number of carbonyl (C=O) groups is 1. The molecule has 170 valence electrons. The van der Waals surface area contributed by atoms with Crippen LogP contribution in [0.2, 0.25) is 5.02 Å². The summed E-state index contributed by atoms with van der Waals surface area (Å²) in [6.07, 6.45) is 1.20. The molecule has 2 aromatic carbocycles. The molecule has 2 aliphatic rings. The summed E-state index contributed by atoms with van der Waals surface area (Å²) in [6.45, 7) is 3.21. The Balaban J connectivity index is 1.62. The number of nitro benzene ring substituents is 1. The van der Waals surface area contributed by atoms with Crippen molar-refractivity contribution >= 4 is 34.6 Å². The number of anilines is 2. The van der Waals surface area contributed by atoms with Gasteiger partial charge in [0.25, 0.3) is 5.69 Å². The maximum Gasteiger partial charge on any atom is 0.269 e. The Bertz CT molecular complexity index is 1000. The lowest BCUT2D eigenvalue weighted by atomic mass is 9.83. The average molecular weight is 459 g/mol. The van der Waals surface area contributed by atoms with Gasteiger partial charge in [-0.05, 0) is 36.6 Å². The van der Waals surface area contributed by atoms with Gasteiger partial charge in [-0.2, -0.15) is 0 Å². The zero-order valence-corrected chi connectivity index (χ0v) is 18.8. The molecule has 0 aliphatic carbocycles. The van der Waals surface area contributed by atoms with Gasteiger partial charge >= 0.3 is 0 Å². The van der Waals surface area contributed by atoms with Gasteiger partial charge in [0, 0.05) is 57.7 Å². The largest absolute Gasteiger partial charge is 0.385 e. The first-order valence-corrected chi connectivity index (χ1v) is 11.2. The van der Waals surface area contributed by atoms with Crippen LogP contribution in [0.15, 0.2) is 42.5 Å². The van der Waals surface area contributed by atoms with Gasteiger partial charge in [0.1, 0.15) is 0 Å². The molecule has 0 spiro atoms. The van der Waals surface area contributed by atoms with E-state index in [-0.39, 0.29) is 28.5 Å². The number of fused-ring (bicyclic) bond motifs is 3. The van der Waals surface area contributed by atoms with Crippen LogP contribution < -0.4 is 15.1 Å². The molecule has 4 rings (SSSR count). The molecule has 2 unspecified atom stereocenters. The average Bonchev–Trinajstić information content (AvgIpc) is 2.80. The number of amides is 1. The quantitative estimate of drug-likeness (QED) is 0.389. The Morgan fingerprint density at radius 1 is 1.25 bits per heavy atom. The molecule has 1 N–H and O–H groups in total. The van der Waals surface area contributed by atoms with Crippen molar-refractivity contribution in [2.24, 2.45) is 5.92 Å². The third-order valence-corrected chi connectivity index (χ3v) is 6.58. The third-order valence-electron chi connectivity index (χ3n) is 6.26. The molecular weight excluding hydrogens is 432 g/mol. The number of hydrogen-bond acceptors (Lipinski definition) is 6. The predicted octanol–water partition coefficient (Wildman–Crippen LogP) is 3.27. The van der Waals surface area contributed by atoms with E-state index in [2.05, 4.69) is 15.1 Å². The molecule has 1 amide bonds. The van der Waals surface area contributed by atoms with Crippen LogP contribution in [0.1, 0.15) is 12.0 Å². The van der Waals surface area contributed by atoms with Gasteiger partial charge in [-0.1, -0.05) is 23.7 Å². The molecule has 2 heterocycles. The van der Waals surface area contributed by atoms with Crippen LogP contribution in [0.25, 0.3) is 0 Å². The number of nitrogens with zero attached hydrogens (tertiary/aromatic N) is 3. The monoisotopic (exact) mass is 458 g/mol. The fourth-order valence-electron chi connectivity index (χ4n) is 4.71. The number of rotatable bonds is 7. The lowest BCUT2D eigenvalue weighted by Crippen LogP contribution is -2.61. The van der Waals surface area contributed by atoms with E-state index in [1.165, 1.54) is 0 Å². The number of methoxy groups -OCH3 is 1. The van der Waals surface area contributed by atoms with Crippen LogP contribution in [0, 0.1) is 16.0 Å². The minimum Gasteiger partial charge on any atom is -0.385 e. The first kappa shape index (κ1) is 22.4. The summed E-state index contributed by atoms with van der Waals surface area (Å²) in [5, 5.41) is 15.0. The second-order valence-corrected chi connectivity index (χ2v) is 8.58. The van der Waals surface area contributed by atoms with Crippen LogP contribution in [0.4, 0.5) is 17.1 Å². The first-order valence-electron chi connectivity index (χ1n) is 10.8. The van der Waals surface area contributed by atoms with Crippen molar-refractivity contribution in [2.75, 3.05) is 49.7 Å². The Morgan fingerprint density at radius 2 is 2.06 bits per heavy atom. The van der Waals surface area contributed by atoms with Crippen molar-refractivity contribution < 1.29 is 14.5 Å². The third kappa shape index (κ3) is 4.52. The molecule has 2 aliphatic heterocycles. The highest BCUT2D eigenvalue weighted by Crippen LogP contribution is 2.39. The topological polar surface area (TPSA) is 87.9 Å². The minimum absolute atomic E-state index is 0.0331. The summed E-state index contributed by atoms with van der Waals surface area (Å²) in [7, 11) is 1.63. The molecule has 0 aromatic heterocycles. The van der Waals surface area contributed by atoms with Crippen molar-refractivity contribution in [3.63, 3.8) is 0 Å². The molecule has 0 bridgehead atoms. The first-order chi connectivity index (χ1) is 15.5. The second kappa shape index (κ2) is 9.75. The number of halogens is 1. The van der Waals surface area contributed by atoms with E-state index in [9.17, 15) is 14.9 Å². The summed E-state index contributed by atoms with van der Waals surface area (Å²) in [5.74, 6) is -0.355. The number of hydrogen-bond donors (Lipinski definition) is 1. The van der Waals surface area contributed by atoms with E-state index >= 15 is 0 Å². The summed E-state index contributed by atoms with van der Waals surface area (Å²) < 4.78 is 5.07. The molecule has 2 atom stereocenters. The van der Waals surface area contributed by atoms with Gasteiger partial charge in [0.05, 0.1) is 27.6 Å². The number of benzene rings is 2. The zero-order valence-electron chi connectivity index (χ0n) is 18.0. The maximum atomic E-state index is 13.2. The molecule has 9 heteroatoms. The molecule has 1 fully saturated rings. The summed E-state index contributed by atoms with van der Waals surface area (Å²) >= 11 is 6.45. The summed E-state index contributed by atoms with van der Waals surface area (Å²) in [6, 6.07) is 12.6. The van der Waals surface area contributed by atoms with Gasteiger partial charge < -0.3 is 19.9 Å². The van der Waals surface area contributed by atoms with Crippen molar-refractivity contribution in [3.8, 4) is 0 Å². The van der Waals surface area contributed by atoms with E-state index in [4.69, 9.17) is 16.3 Å². The Labute approximate surface area is 192 Å². The van der Waals surface area contributed by atoms with Gasteiger partial charge in [-0.3, -0.25) is 14.9 Å². The number of nitro groups is 1. The van der Waals surface area contributed by atoms with Crippen LogP contribution in [-0.2, 0) is 16.0 Å². The molecule has 0 saturated carbocycles. The minimum atomic E-state index is -0.387. The predicted molar refractivity (Wildman–Crippen MR) is 125 cm³/mol. The van der Waals surface area contributed by atoms with Crippen molar-refractivity contribution in [2.45, 2.75) is 18.9 Å². The molecule has 32 heavy (non-hydrogen) atoms.